The molecule has 8 atom stereocenters. The number of fused-ring (bicyclic) bond motifs is 3. The van der Waals surface area contributed by atoms with Crippen LogP contribution in [0.4, 0.5) is 0 Å². The van der Waals surface area contributed by atoms with E-state index in [-0.39, 0.29) is 35.0 Å². The molecule has 0 radical (unpaired) electrons. The van der Waals surface area contributed by atoms with Gasteiger partial charge in [0.1, 0.15) is 11.7 Å². The summed E-state index contributed by atoms with van der Waals surface area (Å²) in [5.74, 6) is 1.91. The van der Waals surface area contributed by atoms with Gasteiger partial charge in [-0.3, -0.25) is 9.59 Å². The molecule has 0 amide bonds. The third-order valence-corrected chi connectivity index (χ3v) is 9.66. The van der Waals surface area contributed by atoms with Crippen LogP contribution < -0.4 is 0 Å². The Morgan fingerprint density at radius 2 is 1.85 bits per heavy atom. The van der Waals surface area contributed by atoms with E-state index in [2.05, 4.69) is 13.8 Å². The Morgan fingerprint density at radius 3 is 2.58 bits per heavy atom. The highest BCUT2D eigenvalue weighted by molar-refractivity contribution is 5.78. The van der Waals surface area contributed by atoms with Crippen molar-refractivity contribution in [3.8, 4) is 0 Å². The summed E-state index contributed by atoms with van der Waals surface area (Å²) < 4.78 is 11.8. The van der Waals surface area contributed by atoms with Gasteiger partial charge in [-0.2, -0.15) is 0 Å². The number of hydrogen-bond donors (Lipinski definition) is 0. The summed E-state index contributed by atoms with van der Waals surface area (Å²) in [6.07, 6.45) is 10.1. The van der Waals surface area contributed by atoms with Crippen molar-refractivity contribution in [2.24, 2.45) is 34.5 Å². The lowest BCUT2D eigenvalue weighted by molar-refractivity contribution is -0.203. The van der Waals surface area contributed by atoms with E-state index in [1.54, 1.807) is 0 Å². The van der Waals surface area contributed by atoms with E-state index in [1.807, 2.05) is 0 Å². The number of esters is 2. The zero-order chi connectivity index (χ0) is 18.3. The summed E-state index contributed by atoms with van der Waals surface area (Å²) in [5.41, 5.74) is 0.199. The van der Waals surface area contributed by atoms with Gasteiger partial charge < -0.3 is 9.47 Å². The summed E-state index contributed by atoms with van der Waals surface area (Å²) in [5, 5.41) is 0. The van der Waals surface area contributed by atoms with Gasteiger partial charge in [0.2, 0.25) is 0 Å². The second kappa shape index (κ2) is 5.26. The van der Waals surface area contributed by atoms with Crippen LogP contribution in [0.1, 0.15) is 78.6 Å². The Bertz CT molecular complexity index is 659. The SMILES string of the molecule is CC(=O)OC1CCC2(C)C(CCC3C2CCC2(C)C4CCC32OC4=O)C1. The normalized spacial score (nSPS) is 54.7. The minimum atomic E-state index is -0.182. The van der Waals surface area contributed by atoms with Crippen molar-refractivity contribution in [1.82, 2.24) is 0 Å². The molecule has 0 aromatic carbocycles. The molecular weight excluding hydrogens is 328 g/mol. The van der Waals surface area contributed by atoms with Crippen LogP contribution in [0.3, 0.4) is 0 Å². The van der Waals surface area contributed by atoms with Crippen LogP contribution >= 0.6 is 0 Å². The molecule has 5 rings (SSSR count). The van der Waals surface area contributed by atoms with Crippen molar-refractivity contribution < 1.29 is 19.1 Å². The second-order valence-corrected chi connectivity index (χ2v) is 10.4. The highest BCUT2D eigenvalue weighted by Gasteiger charge is 2.74. The third-order valence-electron chi connectivity index (χ3n) is 9.66. The molecule has 2 bridgehead atoms. The summed E-state index contributed by atoms with van der Waals surface area (Å²) in [6, 6.07) is 0. The van der Waals surface area contributed by atoms with E-state index in [0.717, 1.165) is 38.5 Å². The molecule has 0 spiro atoms. The molecule has 5 aliphatic rings. The molecule has 4 aliphatic carbocycles. The summed E-state index contributed by atoms with van der Waals surface area (Å²) in [4.78, 5) is 23.9. The first-order chi connectivity index (χ1) is 12.3. The maximum absolute atomic E-state index is 12.5. The predicted octanol–water partition coefficient (Wildman–Crippen LogP) is 4.26. The fraction of sp³-hybridized carbons (Fsp3) is 0.909. The summed E-state index contributed by atoms with van der Waals surface area (Å²) in [7, 11) is 0. The number of rotatable bonds is 1. The fourth-order valence-electron chi connectivity index (χ4n) is 8.37. The number of hydrogen-bond acceptors (Lipinski definition) is 4. The predicted molar refractivity (Wildman–Crippen MR) is 96.1 cm³/mol. The number of ether oxygens (including phenoxy) is 2. The Labute approximate surface area is 156 Å². The maximum atomic E-state index is 12.5. The Hall–Kier alpha value is -1.06. The number of carbonyl (C=O) groups is 2. The van der Waals surface area contributed by atoms with Gasteiger partial charge in [0.05, 0.1) is 5.92 Å². The van der Waals surface area contributed by atoms with Crippen molar-refractivity contribution in [1.29, 1.82) is 0 Å². The second-order valence-electron chi connectivity index (χ2n) is 10.4. The molecule has 0 N–H and O–H groups in total. The Morgan fingerprint density at radius 1 is 1.04 bits per heavy atom. The molecule has 26 heavy (non-hydrogen) atoms. The van der Waals surface area contributed by atoms with Crippen LogP contribution in [0.15, 0.2) is 0 Å². The average Bonchev–Trinajstić information content (AvgIpc) is 2.99. The lowest BCUT2D eigenvalue weighted by Gasteiger charge is -2.62. The van der Waals surface area contributed by atoms with Gasteiger partial charge in [-0.1, -0.05) is 13.8 Å². The molecule has 8 unspecified atom stereocenters. The fourth-order valence-corrected chi connectivity index (χ4v) is 8.37. The largest absolute Gasteiger partial charge is 0.463 e. The molecule has 4 nitrogen and oxygen atoms in total. The molecule has 1 aliphatic heterocycles. The van der Waals surface area contributed by atoms with E-state index in [4.69, 9.17) is 9.47 Å². The van der Waals surface area contributed by atoms with E-state index < -0.39 is 0 Å². The quantitative estimate of drug-likeness (QED) is 0.656. The zero-order valence-electron chi connectivity index (χ0n) is 16.4. The molecule has 1 heterocycles. The summed E-state index contributed by atoms with van der Waals surface area (Å²) >= 11 is 0. The van der Waals surface area contributed by atoms with Crippen LogP contribution in [-0.4, -0.2) is 23.6 Å². The maximum Gasteiger partial charge on any atom is 0.310 e. The lowest BCUT2D eigenvalue weighted by atomic mass is 9.44. The van der Waals surface area contributed by atoms with Crippen molar-refractivity contribution in [2.75, 3.05) is 0 Å². The van der Waals surface area contributed by atoms with Gasteiger partial charge in [-0.25, -0.2) is 0 Å². The van der Waals surface area contributed by atoms with Crippen molar-refractivity contribution in [3.05, 3.63) is 0 Å². The van der Waals surface area contributed by atoms with E-state index in [9.17, 15) is 9.59 Å². The van der Waals surface area contributed by atoms with Crippen molar-refractivity contribution >= 4 is 11.9 Å². The van der Waals surface area contributed by atoms with E-state index >= 15 is 0 Å². The Balaban J connectivity index is 1.44. The molecule has 1 saturated heterocycles. The molecular formula is C22H32O4. The van der Waals surface area contributed by atoms with Gasteiger partial charge in [0, 0.05) is 18.3 Å². The minimum Gasteiger partial charge on any atom is -0.463 e. The molecule has 144 valence electrons. The highest BCUT2D eigenvalue weighted by Crippen LogP contribution is 2.72. The van der Waals surface area contributed by atoms with Crippen LogP contribution in [0, 0.1) is 34.5 Å². The molecule has 4 saturated carbocycles. The van der Waals surface area contributed by atoms with Gasteiger partial charge in [-0.05, 0) is 75.0 Å². The lowest BCUT2D eigenvalue weighted by Crippen LogP contribution is -2.61. The van der Waals surface area contributed by atoms with Gasteiger partial charge >= 0.3 is 11.9 Å². The monoisotopic (exact) mass is 360 g/mol. The smallest absolute Gasteiger partial charge is 0.310 e. The van der Waals surface area contributed by atoms with E-state index in [1.165, 1.54) is 26.2 Å². The third kappa shape index (κ3) is 1.91. The standard InChI is InChI=1S/C22H32O4/c1-13(23)25-15-6-9-20(2)14(12-15)4-5-17-16(20)7-10-21(3)18-8-11-22(17,21)26-19(18)24/h14-18H,4-12H2,1-3H3. The number of carbonyl (C=O) groups excluding carboxylic acids is 2. The highest BCUT2D eigenvalue weighted by atomic mass is 16.6. The van der Waals surface area contributed by atoms with Gasteiger partial charge in [0.25, 0.3) is 0 Å². The van der Waals surface area contributed by atoms with Gasteiger partial charge in [-0.15, -0.1) is 0 Å². The molecule has 0 aromatic rings. The van der Waals surface area contributed by atoms with Crippen LogP contribution in [0.2, 0.25) is 0 Å². The summed E-state index contributed by atoms with van der Waals surface area (Å²) in [6.45, 7) is 6.36. The zero-order valence-corrected chi connectivity index (χ0v) is 16.4. The Kier molecular flexibility index (Phi) is 3.45. The topological polar surface area (TPSA) is 52.6 Å². The van der Waals surface area contributed by atoms with Crippen LogP contribution in [-0.2, 0) is 19.1 Å². The minimum absolute atomic E-state index is 0.0728. The molecule has 0 aromatic heterocycles. The van der Waals surface area contributed by atoms with Crippen molar-refractivity contribution in [2.45, 2.75) is 90.3 Å². The first-order valence-corrected chi connectivity index (χ1v) is 10.7. The van der Waals surface area contributed by atoms with Crippen LogP contribution in [0.5, 0.6) is 0 Å². The first kappa shape index (κ1) is 17.1. The molecule has 5 fully saturated rings. The van der Waals surface area contributed by atoms with Gasteiger partial charge in [0.15, 0.2) is 0 Å². The average molecular weight is 360 g/mol. The van der Waals surface area contributed by atoms with Crippen molar-refractivity contribution in [3.63, 3.8) is 0 Å². The van der Waals surface area contributed by atoms with E-state index in [0.29, 0.717) is 23.2 Å². The first-order valence-electron chi connectivity index (χ1n) is 10.7. The molecule has 4 heteroatoms. The van der Waals surface area contributed by atoms with Crippen LogP contribution in [0.25, 0.3) is 0 Å².